The van der Waals surface area contributed by atoms with E-state index < -0.39 is 18.0 Å². The van der Waals surface area contributed by atoms with Crippen molar-refractivity contribution in [2.24, 2.45) is 24.8 Å². The molecule has 0 bridgehead atoms. The van der Waals surface area contributed by atoms with E-state index in [0.717, 1.165) is 24.3 Å². The van der Waals surface area contributed by atoms with Crippen LogP contribution >= 0.6 is 23.2 Å². The minimum absolute atomic E-state index is 0.00312. The number of piperidine rings is 1. The van der Waals surface area contributed by atoms with Gasteiger partial charge in [0, 0.05) is 44.6 Å². The van der Waals surface area contributed by atoms with E-state index in [4.69, 9.17) is 33.9 Å². The van der Waals surface area contributed by atoms with Crippen molar-refractivity contribution >= 4 is 69.1 Å². The van der Waals surface area contributed by atoms with Crippen molar-refractivity contribution in [3.05, 3.63) is 69.5 Å². The lowest BCUT2D eigenvalue weighted by atomic mass is 9.85. The molecule has 49 heavy (non-hydrogen) atoms. The summed E-state index contributed by atoms with van der Waals surface area (Å²) in [5.41, 5.74) is 9.90. The second-order valence-corrected chi connectivity index (χ2v) is 14.0. The molecule has 0 spiro atoms. The van der Waals surface area contributed by atoms with Crippen molar-refractivity contribution in [1.29, 1.82) is 0 Å². The van der Waals surface area contributed by atoms with E-state index in [0.29, 0.717) is 50.8 Å². The number of rotatable bonds is 8. The molecule has 2 aromatic carbocycles. The molecule has 2 amide bonds. The fourth-order valence-electron chi connectivity index (χ4n) is 7.00. The number of nitrogens with two attached hydrogens (primary N) is 1. The van der Waals surface area contributed by atoms with Gasteiger partial charge >= 0.3 is 6.18 Å². The maximum atomic E-state index is 13.7. The van der Waals surface area contributed by atoms with E-state index in [1.807, 2.05) is 17.7 Å². The van der Waals surface area contributed by atoms with Gasteiger partial charge in [-0.2, -0.15) is 13.2 Å². The molecule has 4 aromatic rings. The minimum Gasteiger partial charge on any atom is -0.399 e. The standard InChI is InChI=1S/C34H35Cl2F3N8O2/c1-46-28-13-27(47-15-18-10-19(18)16-47)23(31(48)43-22-5-3-20(4-6-22)34(37,38)39)12-25(28)44-33(46)45-30-24(35)7-2-17(29(30)36)14-42-32(49)26-11-21(40)8-9-41-26/h2,7-9,11-13,18-20,22H,3-6,10,14-16H2,1H3,(H2,40,41)(H,42,49)(H,43,48)(H,44,45). The zero-order valence-corrected chi connectivity index (χ0v) is 28.1. The molecule has 3 aliphatic rings. The predicted molar refractivity (Wildman–Crippen MR) is 183 cm³/mol. The van der Waals surface area contributed by atoms with Gasteiger partial charge in [0.1, 0.15) is 5.69 Å². The first kappa shape index (κ1) is 33.3. The van der Waals surface area contributed by atoms with Gasteiger partial charge < -0.3 is 31.2 Å². The predicted octanol–water partition coefficient (Wildman–Crippen LogP) is 6.84. The number of nitrogen functional groups attached to an aromatic ring is 1. The van der Waals surface area contributed by atoms with Crippen molar-refractivity contribution in [2.75, 3.05) is 29.0 Å². The van der Waals surface area contributed by atoms with Gasteiger partial charge in [0.2, 0.25) is 5.95 Å². The number of carbonyl (C=O) groups excluding carboxylic acids is 2. The third-order valence-electron chi connectivity index (χ3n) is 9.95. The maximum Gasteiger partial charge on any atom is 0.391 e. The van der Waals surface area contributed by atoms with Gasteiger partial charge in [0.05, 0.1) is 43.9 Å². The highest BCUT2D eigenvalue weighted by Crippen LogP contribution is 2.47. The number of amides is 2. The average molecular weight is 716 g/mol. The number of benzene rings is 2. The summed E-state index contributed by atoms with van der Waals surface area (Å²) in [6, 6.07) is 9.82. The highest BCUT2D eigenvalue weighted by molar-refractivity contribution is 6.39. The largest absolute Gasteiger partial charge is 0.399 e. The van der Waals surface area contributed by atoms with E-state index in [1.54, 1.807) is 24.3 Å². The monoisotopic (exact) mass is 714 g/mol. The fourth-order valence-corrected chi connectivity index (χ4v) is 7.53. The number of imidazole rings is 1. The van der Waals surface area contributed by atoms with Crippen LogP contribution in [-0.4, -0.2) is 51.7 Å². The first-order valence-electron chi connectivity index (χ1n) is 16.2. The zero-order valence-electron chi connectivity index (χ0n) is 26.6. The van der Waals surface area contributed by atoms with Crippen LogP contribution in [0.1, 0.15) is 58.5 Å². The van der Waals surface area contributed by atoms with Gasteiger partial charge in [0.25, 0.3) is 11.8 Å². The Hall–Kier alpha value is -4.23. The molecular weight excluding hydrogens is 680 g/mol. The summed E-state index contributed by atoms with van der Waals surface area (Å²) in [6.45, 7) is 1.79. The van der Waals surface area contributed by atoms with Gasteiger partial charge in [0.15, 0.2) is 0 Å². The molecule has 5 N–H and O–H groups in total. The Bertz CT molecular complexity index is 1930. The molecule has 2 unspecified atom stereocenters. The molecular formula is C34H35Cl2F3N8O2. The van der Waals surface area contributed by atoms with Crippen LogP contribution in [0.25, 0.3) is 11.0 Å². The number of carbonyl (C=O) groups is 2. The Morgan fingerprint density at radius 2 is 1.76 bits per heavy atom. The zero-order chi connectivity index (χ0) is 34.6. The number of fused-ring (bicyclic) bond motifs is 2. The second kappa shape index (κ2) is 12.9. The number of nitrogens with zero attached hydrogens (tertiary/aromatic N) is 4. The summed E-state index contributed by atoms with van der Waals surface area (Å²) >= 11 is 13.4. The van der Waals surface area contributed by atoms with E-state index >= 15 is 0 Å². The molecule has 3 heterocycles. The van der Waals surface area contributed by atoms with Gasteiger partial charge in [-0.15, -0.1) is 0 Å². The van der Waals surface area contributed by atoms with E-state index in [9.17, 15) is 22.8 Å². The number of hydrogen-bond donors (Lipinski definition) is 4. The summed E-state index contributed by atoms with van der Waals surface area (Å²) in [6.07, 6.45) is -1.01. The van der Waals surface area contributed by atoms with Crippen LogP contribution in [0, 0.1) is 17.8 Å². The Kier molecular flexibility index (Phi) is 8.76. The van der Waals surface area contributed by atoms with Crippen molar-refractivity contribution in [3.8, 4) is 0 Å². The first-order valence-corrected chi connectivity index (χ1v) is 17.0. The van der Waals surface area contributed by atoms with Crippen LogP contribution in [0.15, 0.2) is 42.6 Å². The maximum absolute atomic E-state index is 13.7. The normalized spacial score (nSPS) is 21.8. The van der Waals surface area contributed by atoms with Crippen molar-refractivity contribution < 1.29 is 22.8 Å². The summed E-state index contributed by atoms with van der Waals surface area (Å²) in [7, 11) is 1.84. The van der Waals surface area contributed by atoms with E-state index in [-0.39, 0.29) is 54.9 Å². The minimum atomic E-state index is -4.21. The van der Waals surface area contributed by atoms with Crippen LogP contribution in [0.2, 0.25) is 10.0 Å². The summed E-state index contributed by atoms with van der Waals surface area (Å²) in [4.78, 5) is 37.4. The third-order valence-corrected chi connectivity index (χ3v) is 10.7. The van der Waals surface area contributed by atoms with Crippen LogP contribution in [-0.2, 0) is 13.6 Å². The fraction of sp³-hybridized carbons (Fsp3) is 0.412. The number of hydrogen-bond acceptors (Lipinski definition) is 7. The van der Waals surface area contributed by atoms with Gasteiger partial charge in [-0.25, -0.2) is 4.98 Å². The van der Waals surface area contributed by atoms with E-state index in [2.05, 4.69) is 25.8 Å². The van der Waals surface area contributed by atoms with Gasteiger partial charge in [-0.05, 0) is 79.8 Å². The number of aryl methyl sites for hydroxylation is 1. The van der Waals surface area contributed by atoms with Crippen molar-refractivity contribution in [3.63, 3.8) is 0 Å². The van der Waals surface area contributed by atoms with E-state index in [1.165, 1.54) is 18.7 Å². The van der Waals surface area contributed by atoms with Crippen LogP contribution in [0.3, 0.4) is 0 Å². The number of aromatic nitrogens is 3. The van der Waals surface area contributed by atoms with Crippen molar-refractivity contribution in [1.82, 2.24) is 25.2 Å². The summed E-state index contributed by atoms with van der Waals surface area (Å²) < 4.78 is 41.5. The lowest BCUT2D eigenvalue weighted by Gasteiger charge is -2.31. The highest BCUT2D eigenvalue weighted by atomic mass is 35.5. The molecule has 7 rings (SSSR count). The molecule has 1 aliphatic heterocycles. The third kappa shape index (κ3) is 6.83. The van der Waals surface area contributed by atoms with Gasteiger partial charge in [-0.1, -0.05) is 29.3 Å². The lowest BCUT2D eigenvalue weighted by Crippen LogP contribution is -2.40. The average Bonchev–Trinajstić information content (AvgIpc) is 3.55. The smallest absolute Gasteiger partial charge is 0.391 e. The van der Waals surface area contributed by atoms with Crippen molar-refractivity contribution in [2.45, 2.75) is 50.9 Å². The molecule has 10 nitrogen and oxygen atoms in total. The lowest BCUT2D eigenvalue weighted by molar-refractivity contribution is -0.182. The molecule has 2 aromatic heterocycles. The Morgan fingerprint density at radius 3 is 2.45 bits per heavy atom. The Morgan fingerprint density at radius 1 is 1.02 bits per heavy atom. The number of nitrogens with one attached hydrogen (secondary N) is 3. The van der Waals surface area contributed by atoms with Crippen LogP contribution in [0.5, 0.6) is 0 Å². The molecule has 2 atom stereocenters. The molecule has 2 saturated carbocycles. The Balaban J connectivity index is 1.13. The molecule has 1 saturated heterocycles. The SMILES string of the molecule is Cn1c(Nc2c(Cl)ccc(CNC(=O)c3cc(N)ccn3)c2Cl)nc2cc(C(=O)NC3CCC(C(F)(F)F)CC3)c(N3CC4CC4C3)cc21. The number of anilines is 4. The number of pyridine rings is 1. The molecule has 3 fully saturated rings. The van der Waals surface area contributed by atoms with Crippen LogP contribution < -0.4 is 26.6 Å². The number of halogens is 5. The summed E-state index contributed by atoms with van der Waals surface area (Å²) in [5.74, 6) is -0.420. The molecule has 2 aliphatic carbocycles. The quantitative estimate of drug-likeness (QED) is 0.157. The molecule has 15 heteroatoms. The van der Waals surface area contributed by atoms with Gasteiger partial charge in [-0.3, -0.25) is 14.6 Å². The highest BCUT2D eigenvalue weighted by Gasteiger charge is 2.46. The second-order valence-electron chi connectivity index (χ2n) is 13.3. The Labute approximate surface area is 290 Å². The van der Waals surface area contributed by atoms with Crippen LogP contribution in [0.4, 0.5) is 36.2 Å². The molecule has 258 valence electrons. The first-order chi connectivity index (χ1) is 23.4. The summed E-state index contributed by atoms with van der Waals surface area (Å²) in [5, 5.41) is 9.67. The molecule has 0 radical (unpaired) electrons. The number of alkyl halides is 3. The topological polar surface area (TPSA) is 130 Å².